The fourth-order valence-corrected chi connectivity index (χ4v) is 8.23. The summed E-state index contributed by atoms with van der Waals surface area (Å²) in [7, 11) is -4.32. The Morgan fingerprint density at radius 2 is 1.88 bits per heavy atom. The first-order valence-electron chi connectivity index (χ1n) is 10.7. The molecule has 1 saturated heterocycles. The van der Waals surface area contributed by atoms with Crippen LogP contribution < -0.4 is 4.74 Å². The van der Waals surface area contributed by atoms with E-state index >= 15 is 4.39 Å². The van der Waals surface area contributed by atoms with Crippen molar-refractivity contribution < 1.29 is 26.7 Å². The predicted octanol–water partition coefficient (Wildman–Crippen LogP) is 4.98. The molecule has 2 atom stereocenters. The van der Waals surface area contributed by atoms with Gasteiger partial charge in [0.1, 0.15) is 17.2 Å². The van der Waals surface area contributed by atoms with E-state index < -0.39 is 38.0 Å². The number of carbonyl (C=O) groups excluding carboxylic acids is 1. The number of piperidine rings is 1. The molecular formula is C24H20ClF2NO4S2. The minimum Gasteiger partial charge on any atom is -0.488 e. The van der Waals surface area contributed by atoms with Crippen molar-refractivity contribution >= 4 is 38.7 Å². The van der Waals surface area contributed by atoms with Gasteiger partial charge in [0.2, 0.25) is 5.91 Å². The third-order valence-corrected chi connectivity index (χ3v) is 10.2. The molecule has 0 aliphatic carbocycles. The van der Waals surface area contributed by atoms with Crippen LogP contribution in [0, 0.1) is 11.6 Å². The number of ether oxygens (including phenoxy) is 1. The number of benzene rings is 2. The Hall–Kier alpha value is -2.49. The molecule has 2 aromatic carbocycles. The molecule has 2 aliphatic rings. The van der Waals surface area contributed by atoms with Gasteiger partial charge in [-0.3, -0.25) is 4.79 Å². The Morgan fingerprint density at radius 1 is 1.15 bits per heavy atom. The van der Waals surface area contributed by atoms with Gasteiger partial charge in [0.15, 0.2) is 21.4 Å². The van der Waals surface area contributed by atoms with Gasteiger partial charge in [0.05, 0.1) is 22.9 Å². The van der Waals surface area contributed by atoms with E-state index in [1.807, 2.05) is 17.5 Å². The number of likely N-dealkylation sites (tertiary alicyclic amines) is 1. The minimum absolute atomic E-state index is 0.0160. The lowest BCUT2D eigenvalue weighted by Crippen LogP contribution is -2.64. The molecule has 0 spiro atoms. The van der Waals surface area contributed by atoms with Gasteiger partial charge in [0, 0.05) is 16.4 Å². The molecule has 1 amide bonds. The molecule has 0 saturated carbocycles. The van der Waals surface area contributed by atoms with Gasteiger partial charge in [0.25, 0.3) is 0 Å². The van der Waals surface area contributed by atoms with Crippen LogP contribution in [-0.2, 0) is 25.8 Å². The van der Waals surface area contributed by atoms with E-state index in [1.54, 1.807) is 0 Å². The molecule has 2 aliphatic heterocycles. The number of hydrogen-bond donors (Lipinski definition) is 0. The Balaban J connectivity index is 1.71. The summed E-state index contributed by atoms with van der Waals surface area (Å²) in [6.45, 7) is 0.0266. The molecule has 34 heavy (non-hydrogen) atoms. The molecule has 0 N–H and O–H groups in total. The van der Waals surface area contributed by atoms with E-state index in [-0.39, 0.29) is 35.8 Å². The Bertz CT molecular complexity index is 1350. The summed E-state index contributed by atoms with van der Waals surface area (Å²) in [5.74, 6) is -2.43. The lowest BCUT2D eigenvalue weighted by molar-refractivity contribution is -0.136. The largest absolute Gasteiger partial charge is 0.488 e. The highest BCUT2D eigenvalue weighted by Gasteiger charge is 2.61. The average Bonchev–Trinajstić information content (AvgIpc) is 3.33. The number of thiophene rings is 1. The first-order valence-corrected chi connectivity index (χ1v) is 13.4. The summed E-state index contributed by atoms with van der Waals surface area (Å²) in [5.41, 5.74) is -0.354. The molecule has 5 nitrogen and oxygen atoms in total. The molecule has 1 aromatic heterocycles. The van der Waals surface area contributed by atoms with E-state index in [1.165, 1.54) is 40.5 Å². The lowest BCUT2D eigenvalue weighted by Gasteiger charge is -2.51. The van der Waals surface area contributed by atoms with Crippen LogP contribution in [0.3, 0.4) is 0 Å². The van der Waals surface area contributed by atoms with Crippen LogP contribution in [0.2, 0.25) is 5.02 Å². The quantitative estimate of drug-likeness (QED) is 0.484. The van der Waals surface area contributed by atoms with E-state index in [2.05, 4.69) is 0 Å². The van der Waals surface area contributed by atoms with E-state index in [9.17, 15) is 17.6 Å². The fraction of sp³-hybridized carbons (Fsp3) is 0.292. The zero-order chi connectivity index (χ0) is 24.1. The summed E-state index contributed by atoms with van der Waals surface area (Å²) < 4.78 is 62.3. The number of rotatable bonds is 4. The number of hydrogen-bond acceptors (Lipinski definition) is 5. The Kier molecular flexibility index (Phi) is 5.90. The van der Waals surface area contributed by atoms with Crippen molar-refractivity contribution in [2.75, 3.05) is 13.2 Å². The number of sulfone groups is 1. The zero-order valence-corrected chi connectivity index (χ0v) is 20.2. The molecular weight excluding hydrogens is 504 g/mol. The number of amides is 1. The Morgan fingerprint density at radius 3 is 2.59 bits per heavy atom. The molecule has 5 rings (SSSR count). The number of carbonyl (C=O) groups is 1. The number of nitrogens with zero attached hydrogens (tertiary/aromatic N) is 1. The number of fused-ring (bicyclic) bond motifs is 3. The van der Waals surface area contributed by atoms with Crippen molar-refractivity contribution in [1.29, 1.82) is 0 Å². The van der Waals surface area contributed by atoms with Gasteiger partial charge < -0.3 is 9.64 Å². The zero-order valence-electron chi connectivity index (χ0n) is 17.8. The maximum Gasteiger partial charge on any atom is 0.228 e. The molecule has 0 unspecified atom stereocenters. The van der Waals surface area contributed by atoms with Crippen LogP contribution >= 0.6 is 22.9 Å². The highest BCUT2D eigenvalue weighted by Crippen LogP contribution is 2.53. The highest BCUT2D eigenvalue weighted by molar-refractivity contribution is 7.92. The van der Waals surface area contributed by atoms with Gasteiger partial charge in [-0.25, -0.2) is 17.2 Å². The van der Waals surface area contributed by atoms with Crippen LogP contribution in [0.4, 0.5) is 8.78 Å². The van der Waals surface area contributed by atoms with Crippen molar-refractivity contribution in [1.82, 2.24) is 4.90 Å². The molecule has 178 valence electrons. The lowest BCUT2D eigenvalue weighted by atomic mass is 9.80. The van der Waals surface area contributed by atoms with Crippen molar-refractivity contribution in [3.05, 3.63) is 81.0 Å². The summed E-state index contributed by atoms with van der Waals surface area (Å²) in [5, 5.41) is 2.20. The summed E-state index contributed by atoms with van der Waals surface area (Å²) in [4.78, 5) is 15.5. The first-order chi connectivity index (χ1) is 16.3. The third kappa shape index (κ3) is 3.52. The SMILES string of the molecule is O=C(Cc1cccs1)N1CCC[C@]2(S(=O)(=O)c3ccc(Cl)cc3)c3c(F)ccc(F)c3OC[C@H]12. The second-order valence-corrected chi connectivity index (χ2v) is 12.0. The van der Waals surface area contributed by atoms with Crippen LogP contribution in [0.25, 0.3) is 0 Å². The van der Waals surface area contributed by atoms with Gasteiger partial charge in [-0.1, -0.05) is 17.7 Å². The van der Waals surface area contributed by atoms with Gasteiger partial charge in [-0.05, 0) is 60.7 Å². The average molecular weight is 524 g/mol. The predicted molar refractivity (Wildman–Crippen MR) is 125 cm³/mol. The molecule has 0 bridgehead atoms. The van der Waals surface area contributed by atoms with Crippen molar-refractivity contribution in [2.45, 2.75) is 34.9 Å². The van der Waals surface area contributed by atoms with E-state index in [0.29, 0.717) is 18.0 Å². The van der Waals surface area contributed by atoms with Crippen molar-refractivity contribution in [2.24, 2.45) is 0 Å². The molecule has 10 heteroatoms. The molecule has 3 heterocycles. The van der Waals surface area contributed by atoms with E-state index in [0.717, 1.165) is 17.0 Å². The summed E-state index contributed by atoms with van der Waals surface area (Å²) >= 11 is 7.39. The molecule has 3 aromatic rings. The maximum absolute atomic E-state index is 15.4. The molecule has 0 radical (unpaired) electrons. The first kappa shape index (κ1) is 23.3. The van der Waals surface area contributed by atoms with E-state index in [4.69, 9.17) is 16.3 Å². The maximum atomic E-state index is 15.4. The van der Waals surface area contributed by atoms with Gasteiger partial charge >= 0.3 is 0 Å². The number of halogens is 3. The molecule has 1 fully saturated rings. The second-order valence-electron chi connectivity index (χ2n) is 8.35. The summed E-state index contributed by atoms with van der Waals surface area (Å²) in [6.07, 6.45) is 0.404. The van der Waals surface area contributed by atoms with Crippen LogP contribution in [0.5, 0.6) is 5.75 Å². The summed E-state index contributed by atoms with van der Waals surface area (Å²) in [6, 6.07) is 10.0. The van der Waals surface area contributed by atoms with Gasteiger partial charge in [-0.2, -0.15) is 0 Å². The third-order valence-electron chi connectivity index (χ3n) is 6.56. The standard InChI is InChI=1S/C24H20ClF2NO4S2/c25-15-4-6-17(7-5-15)34(30,31)24-10-2-11-28(21(29)13-16-3-1-12-33-16)20(24)14-32-23-19(27)9-8-18(26)22(23)24/h1,3-9,12,20H,2,10-11,13-14H2/t20-,24+/m0/s1. The van der Waals surface area contributed by atoms with Crippen molar-refractivity contribution in [3.8, 4) is 5.75 Å². The van der Waals surface area contributed by atoms with Crippen molar-refractivity contribution in [3.63, 3.8) is 0 Å². The van der Waals surface area contributed by atoms with Crippen LogP contribution in [0.15, 0.2) is 58.8 Å². The second kappa shape index (κ2) is 8.62. The smallest absolute Gasteiger partial charge is 0.228 e. The highest BCUT2D eigenvalue weighted by atomic mass is 35.5. The van der Waals surface area contributed by atoms with Crippen LogP contribution in [0.1, 0.15) is 23.3 Å². The normalized spacial score (nSPS) is 22.0. The minimum atomic E-state index is -4.32. The van der Waals surface area contributed by atoms with Gasteiger partial charge in [-0.15, -0.1) is 11.3 Å². The topological polar surface area (TPSA) is 63.7 Å². The van der Waals surface area contributed by atoms with Crippen LogP contribution in [-0.4, -0.2) is 38.4 Å². The Labute approximate surface area is 204 Å². The fourth-order valence-electron chi connectivity index (χ4n) is 5.07. The monoisotopic (exact) mass is 523 g/mol.